The number of nitrogens with one attached hydrogen (secondary N) is 2. The van der Waals surface area contributed by atoms with Crippen LogP contribution in [0.25, 0.3) is 0 Å². The number of hydrogen-bond acceptors (Lipinski definition) is 3. The van der Waals surface area contributed by atoms with Crippen LogP contribution in [0.3, 0.4) is 0 Å². The van der Waals surface area contributed by atoms with E-state index in [1.807, 2.05) is 25.1 Å². The molecule has 0 heterocycles. The quantitative estimate of drug-likeness (QED) is 0.400. The van der Waals surface area contributed by atoms with Gasteiger partial charge < -0.3 is 5.32 Å². The normalized spacial score (nSPS) is 11.9. The van der Waals surface area contributed by atoms with E-state index in [9.17, 15) is 4.79 Å². The molecule has 1 amide bonds. The van der Waals surface area contributed by atoms with Gasteiger partial charge in [-0.3, -0.25) is 10.2 Å². The summed E-state index contributed by atoms with van der Waals surface area (Å²) in [5, 5.41) is 3.21. The topological polar surface area (TPSA) is 67.2 Å². The van der Waals surface area contributed by atoms with E-state index >= 15 is 0 Å². The summed E-state index contributed by atoms with van der Waals surface area (Å²) in [4.78, 5) is 11.4. The molecule has 0 spiro atoms. The molecule has 0 saturated heterocycles. The van der Waals surface area contributed by atoms with Gasteiger partial charge in [-0.25, -0.2) is 5.84 Å². The molecule has 0 aliphatic carbocycles. The first-order chi connectivity index (χ1) is 7.72. The van der Waals surface area contributed by atoms with Gasteiger partial charge in [0.25, 0.3) is 5.91 Å². The Labute approximate surface area is 96.2 Å². The monoisotopic (exact) mass is 221 g/mol. The van der Waals surface area contributed by atoms with Crippen LogP contribution in [0.15, 0.2) is 24.3 Å². The second kappa shape index (κ2) is 6.12. The van der Waals surface area contributed by atoms with Crippen LogP contribution in [-0.2, 0) is 11.2 Å². The number of benzene rings is 1. The maximum atomic E-state index is 11.4. The molecule has 1 rings (SSSR count). The number of carbonyl (C=O) groups is 1. The van der Waals surface area contributed by atoms with E-state index in [4.69, 9.17) is 5.84 Å². The third kappa shape index (κ3) is 2.97. The average molecular weight is 221 g/mol. The van der Waals surface area contributed by atoms with Gasteiger partial charge in [0, 0.05) is 5.69 Å². The second-order valence-electron chi connectivity index (χ2n) is 3.62. The summed E-state index contributed by atoms with van der Waals surface area (Å²) in [6.45, 7) is 4.03. The fourth-order valence-corrected chi connectivity index (χ4v) is 1.61. The number of anilines is 1. The molecule has 0 aliphatic heterocycles. The smallest absolute Gasteiger partial charge is 0.256 e. The van der Waals surface area contributed by atoms with E-state index in [1.54, 1.807) is 0 Å². The molecule has 4 heteroatoms. The molecule has 1 atom stereocenters. The zero-order chi connectivity index (χ0) is 12.0. The first kappa shape index (κ1) is 12.5. The van der Waals surface area contributed by atoms with Crippen LogP contribution in [0.5, 0.6) is 0 Å². The zero-order valence-electron chi connectivity index (χ0n) is 9.79. The van der Waals surface area contributed by atoms with Gasteiger partial charge in [0.15, 0.2) is 0 Å². The largest absolute Gasteiger partial charge is 0.373 e. The highest BCUT2D eigenvalue weighted by Crippen LogP contribution is 2.17. The van der Waals surface area contributed by atoms with Crippen molar-refractivity contribution in [3.05, 3.63) is 29.8 Å². The van der Waals surface area contributed by atoms with Crippen molar-refractivity contribution < 1.29 is 4.79 Å². The van der Waals surface area contributed by atoms with E-state index in [2.05, 4.69) is 23.7 Å². The standard InChI is InChI=1S/C12H19N3O/c1-3-9-7-5-6-8-11(9)14-10(4-2)12(16)15-13/h5-8,10,14H,3-4,13H2,1-2H3,(H,15,16). The molecule has 0 aromatic heterocycles. The highest BCUT2D eigenvalue weighted by molar-refractivity contribution is 5.84. The summed E-state index contributed by atoms with van der Waals surface area (Å²) in [7, 11) is 0. The molecular formula is C12H19N3O. The number of para-hydroxylation sites is 1. The van der Waals surface area contributed by atoms with Gasteiger partial charge in [0.05, 0.1) is 0 Å². The lowest BCUT2D eigenvalue weighted by Gasteiger charge is -2.18. The molecular weight excluding hydrogens is 202 g/mol. The van der Waals surface area contributed by atoms with Crippen molar-refractivity contribution in [1.82, 2.24) is 5.43 Å². The van der Waals surface area contributed by atoms with E-state index in [-0.39, 0.29) is 11.9 Å². The number of aryl methyl sites for hydroxylation is 1. The van der Waals surface area contributed by atoms with Gasteiger partial charge in [-0.05, 0) is 24.5 Å². The number of hydrogen-bond donors (Lipinski definition) is 3. The molecule has 0 bridgehead atoms. The van der Waals surface area contributed by atoms with Crippen LogP contribution < -0.4 is 16.6 Å². The van der Waals surface area contributed by atoms with E-state index in [0.29, 0.717) is 6.42 Å². The van der Waals surface area contributed by atoms with Crippen molar-refractivity contribution in [3.8, 4) is 0 Å². The Balaban J connectivity index is 2.81. The van der Waals surface area contributed by atoms with Gasteiger partial charge in [0.1, 0.15) is 6.04 Å². The number of carbonyl (C=O) groups excluding carboxylic acids is 1. The zero-order valence-corrected chi connectivity index (χ0v) is 9.79. The van der Waals surface area contributed by atoms with Gasteiger partial charge in [0.2, 0.25) is 0 Å². The number of amides is 1. The molecule has 1 unspecified atom stereocenters. The lowest BCUT2D eigenvalue weighted by atomic mass is 10.1. The molecule has 0 fully saturated rings. The van der Waals surface area contributed by atoms with Gasteiger partial charge >= 0.3 is 0 Å². The predicted molar refractivity (Wildman–Crippen MR) is 65.9 cm³/mol. The van der Waals surface area contributed by atoms with Crippen molar-refractivity contribution in [2.45, 2.75) is 32.7 Å². The molecule has 0 saturated carbocycles. The van der Waals surface area contributed by atoms with Crippen LogP contribution in [0.4, 0.5) is 5.69 Å². The first-order valence-electron chi connectivity index (χ1n) is 5.57. The lowest BCUT2D eigenvalue weighted by Crippen LogP contribution is -2.42. The summed E-state index contributed by atoms with van der Waals surface area (Å²) in [6.07, 6.45) is 1.63. The third-order valence-corrected chi connectivity index (χ3v) is 2.59. The molecule has 4 N–H and O–H groups in total. The summed E-state index contributed by atoms with van der Waals surface area (Å²) in [5.41, 5.74) is 4.37. The summed E-state index contributed by atoms with van der Waals surface area (Å²) in [5.74, 6) is 4.95. The molecule has 0 radical (unpaired) electrons. The highest BCUT2D eigenvalue weighted by Gasteiger charge is 2.15. The maximum Gasteiger partial charge on any atom is 0.256 e. The Kier molecular flexibility index (Phi) is 4.79. The minimum atomic E-state index is -0.280. The average Bonchev–Trinajstić information content (AvgIpc) is 2.35. The SMILES string of the molecule is CCc1ccccc1NC(CC)C(=O)NN. The maximum absolute atomic E-state index is 11.4. The first-order valence-corrected chi connectivity index (χ1v) is 5.57. The molecule has 88 valence electrons. The number of nitrogens with two attached hydrogens (primary N) is 1. The molecule has 1 aromatic rings. The Morgan fingerprint density at radius 2 is 2.06 bits per heavy atom. The summed E-state index contributed by atoms with van der Waals surface area (Å²) >= 11 is 0. The summed E-state index contributed by atoms with van der Waals surface area (Å²) < 4.78 is 0. The van der Waals surface area contributed by atoms with E-state index in [1.165, 1.54) is 5.56 Å². The second-order valence-corrected chi connectivity index (χ2v) is 3.62. The van der Waals surface area contributed by atoms with Crippen LogP contribution >= 0.6 is 0 Å². The van der Waals surface area contributed by atoms with Gasteiger partial charge in [-0.2, -0.15) is 0 Å². The Morgan fingerprint density at radius 3 is 2.62 bits per heavy atom. The van der Waals surface area contributed by atoms with Crippen molar-refractivity contribution in [2.75, 3.05) is 5.32 Å². The molecule has 4 nitrogen and oxygen atoms in total. The van der Waals surface area contributed by atoms with Crippen molar-refractivity contribution in [2.24, 2.45) is 5.84 Å². The fourth-order valence-electron chi connectivity index (χ4n) is 1.61. The summed E-state index contributed by atoms with van der Waals surface area (Å²) in [6, 6.07) is 7.70. The van der Waals surface area contributed by atoms with Crippen molar-refractivity contribution >= 4 is 11.6 Å². The third-order valence-electron chi connectivity index (χ3n) is 2.59. The van der Waals surface area contributed by atoms with Crippen LogP contribution in [-0.4, -0.2) is 11.9 Å². The number of hydrazine groups is 1. The fraction of sp³-hybridized carbons (Fsp3) is 0.417. The minimum absolute atomic E-state index is 0.187. The number of rotatable bonds is 5. The van der Waals surface area contributed by atoms with Crippen LogP contribution in [0.1, 0.15) is 25.8 Å². The van der Waals surface area contributed by atoms with E-state index in [0.717, 1.165) is 12.1 Å². The van der Waals surface area contributed by atoms with Crippen LogP contribution in [0, 0.1) is 0 Å². The molecule has 16 heavy (non-hydrogen) atoms. The van der Waals surface area contributed by atoms with E-state index < -0.39 is 0 Å². The minimum Gasteiger partial charge on any atom is -0.373 e. The Bertz CT molecular complexity index is 352. The lowest BCUT2D eigenvalue weighted by molar-refractivity contribution is -0.121. The van der Waals surface area contributed by atoms with Crippen molar-refractivity contribution in [3.63, 3.8) is 0 Å². The van der Waals surface area contributed by atoms with Crippen LogP contribution in [0.2, 0.25) is 0 Å². The Hall–Kier alpha value is -1.55. The van der Waals surface area contributed by atoms with Gasteiger partial charge in [-0.1, -0.05) is 32.0 Å². The molecule has 0 aliphatic rings. The highest BCUT2D eigenvalue weighted by atomic mass is 16.2. The molecule has 1 aromatic carbocycles. The van der Waals surface area contributed by atoms with Crippen molar-refractivity contribution in [1.29, 1.82) is 0 Å². The Morgan fingerprint density at radius 1 is 1.38 bits per heavy atom. The predicted octanol–water partition coefficient (Wildman–Crippen LogP) is 1.43. The van der Waals surface area contributed by atoms with Gasteiger partial charge in [-0.15, -0.1) is 0 Å².